The molecule has 23 heavy (non-hydrogen) atoms. The van der Waals surface area contributed by atoms with E-state index >= 15 is 0 Å². The van der Waals surface area contributed by atoms with Crippen LogP contribution in [0.15, 0.2) is 18.5 Å². The van der Waals surface area contributed by atoms with E-state index in [2.05, 4.69) is 76.9 Å². The lowest BCUT2D eigenvalue weighted by molar-refractivity contribution is 0.268. The Balaban J connectivity index is 1.86. The maximum atomic E-state index is 6.16. The molecule has 0 aromatic carbocycles. The maximum absolute atomic E-state index is 6.16. The Morgan fingerprint density at radius 3 is 2.65 bits per heavy atom. The first-order valence-corrected chi connectivity index (χ1v) is 11.7. The van der Waals surface area contributed by atoms with Crippen LogP contribution in [-0.2, 0) is 11.0 Å². The van der Waals surface area contributed by atoms with E-state index in [1.165, 1.54) is 0 Å². The van der Waals surface area contributed by atoms with Gasteiger partial charge in [0.15, 0.2) is 8.32 Å². The molecule has 0 saturated heterocycles. The topological polar surface area (TPSA) is 65.7 Å². The summed E-state index contributed by atoms with van der Waals surface area (Å²) in [6, 6.07) is 2.00. The molecule has 0 spiro atoms. The zero-order valence-electron chi connectivity index (χ0n) is 14.4. The number of hydrogen-bond donors (Lipinski definition) is 0. The largest absolute Gasteiger partial charge is 0.417 e. The molecule has 0 N–H and O–H groups in total. The van der Waals surface area contributed by atoms with Crippen molar-refractivity contribution in [1.82, 2.24) is 25.2 Å². The Morgan fingerprint density at radius 2 is 2.00 bits per heavy atom. The second-order valence-electron chi connectivity index (χ2n) is 7.06. The molecule has 6 nitrogen and oxygen atoms in total. The zero-order chi connectivity index (χ0) is 17.1. The molecule has 0 atom stereocenters. The van der Waals surface area contributed by atoms with Crippen LogP contribution in [0.4, 0.5) is 0 Å². The van der Waals surface area contributed by atoms with E-state index in [9.17, 15) is 0 Å². The lowest BCUT2D eigenvalue weighted by atomic mass is 10.2. The van der Waals surface area contributed by atoms with Gasteiger partial charge in [-0.15, -0.1) is 10.2 Å². The van der Waals surface area contributed by atoms with E-state index in [1.807, 2.05) is 6.07 Å². The average Bonchev–Trinajstić information content (AvgIpc) is 2.91. The van der Waals surface area contributed by atoms with E-state index in [0.29, 0.717) is 12.4 Å². The highest BCUT2D eigenvalue weighted by atomic mass is 127. The van der Waals surface area contributed by atoms with E-state index < -0.39 is 8.32 Å². The van der Waals surface area contributed by atoms with Crippen LogP contribution < -0.4 is 0 Å². The maximum Gasteiger partial charge on any atom is 0.206 e. The Kier molecular flexibility index (Phi) is 5.90. The monoisotopic (exact) mass is 445 g/mol. The van der Waals surface area contributed by atoms with Gasteiger partial charge in [0.05, 0.1) is 6.54 Å². The average molecular weight is 445 g/mol. The van der Waals surface area contributed by atoms with Gasteiger partial charge in [-0.05, 0) is 58.4 Å². The number of hydrogen-bond acceptors (Lipinski definition) is 5. The third-order valence-electron chi connectivity index (χ3n) is 4.19. The van der Waals surface area contributed by atoms with Gasteiger partial charge in [0.1, 0.15) is 0 Å². The molecule has 0 saturated carbocycles. The third-order valence-corrected chi connectivity index (χ3v) is 9.32. The number of halogens is 1. The fraction of sp³-hybridized carbons (Fsp3) is 0.600. The van der Waals surface area contributed by atoms with Crippen molar-refractivity contribution in [3.05, 3.63) is 22.0 Å². The first-order chi connectivity index (χ1) is 10.7. The Morgan fingerprint density at radius 1 is 1.26 bits per heavy atom. The first-order valence-electron chi connectivity index (χ1n) is 7.72. The highest BCUT2D eigenvalue weighted by molar-refractivity contribution is 14.1. The lowest BCUT2D eigenvalue weighted by Crippen LogP contribution is -2.41. The molecule has 0 radical (unpaired) electrons. The third kappa shape index (κ3) is 5.05. The van der Waals surface area contributed by atoms with Crippen LogP contribution >= 0.6 is 22.6 Å². The summed E-state index contributed by atoms with van der Waals surface area (Å²) in [7, 11) is -1.67. The van der Waals surface area contributed by atoms with E-state index in [4.69, 9.17) is 4.43 Å². The molecule has 126 valence electrons. The number of pyridine rings is 1. The molecule has 0 aliphatic rings. The van der Waals surface area contributed by atoms with Crippen LogP contribution in [0.3, 0.4) is 0 Å². The number of aromatic nitrogens is 5. The molecule has 2 heterocycles. The molecule has 0 amide bonds. The summed E-state index contributed by atoms with van der Waals surface area (Å²) >= 11 is 2.22. The van der Waals surface area contributed by atoms with Gasteiger partial charge in [-0.25, -0.2) is 0 Å². The predicted octanol–water partition coefficient (Wildman–Crippen LogP) is 3.75. The van der Waals surface area contributed by atoms with Crippen LogP contribution in [0.5, 0.6) is 0 Å². The van der Waals surface area contributed by atoms with Crippen LogP contribution in [0, 0.1) is 3.57 Å². The quantitative estimate of drug-likeness (QED) is 0.385. The van der Waals surface area contributed by atoms with Crippen molar-refractivity contribution in [2.75, 3.05) is 6.61 Å². The van der Waals surface area contributed by atoms with Crippen LogP contribution in [0.1, 0.15) is 27.2 Å². The van der Waals surface area contributed by atoms with Crippen molar-refractivity contribution in [1.29, 1.82) is 0 Å². The van der Waals surface area contributed by atoms with Crippen molar-refractivity contribution < 1.29 is 4.43 Å². The standard InChI is InChI=1S/C15H24IN5OSi/c1-15(2,3)23(4,5)22-8-6-7-21-19-14(18-20-21)12-9-13(16)11-17-10-12/h9-11H,6-8H2,1-5H3. The van der Waals surface area contributed by atoms with Gasteiger partial charge in [-0.2, -0.15) is 4.80 Å². The van der Waals surface area contributed by atoms with Crippen molar-refractivity contribution in [3.63, 3.8) is 0 Å². The summed E-state index contributed by atoms with van der Waals surface area (Å²) in [5.74, 6) is 0.612. The summed E-state index contributed by atoms with van der Waals surface area (Å²) in [5.41, 5.74) is 0.890. The SMILES string of the molecule is CC(C)(C)[Si](C)(C)OCCCn1nnc(-c2cncc(I)c2)n1. The molecule has 0 bridgehead atoms. The zero-order valence-corrected chi connectivity index (χ0v) is 17.5. The minimum atomic E-state index is -1.67. The minimum Gasteiger partial charge on any atom is -0.417 e. The summed E-state index contributed by atoms with van der Waals surface area (Å²) in [4.78, 5) is 5.78. The predicted molar refractivity (Wildman–Crippen MR) is 102 cm³/mol. The number of rotatable bonds is 6. The molecule has 0 aliphatic heterocycles. The number of nitrogens with zero attached hydrogens (tertiary/aromatic N) is 5. The van der Waals surface area contributed by atoms with Gasteiger partial charge in [0.2, 0.25) is 5.82 Å². The summed E-state index contributed by atoms with van der Waals surface area (Å²) in [6.07, 6.45) is 4.43. The molecule has 2 rings (SSSR count). The molecule has 0 unspecified atom stereocenters. The van der Waals surface area contributed by atoms with Gasteiger partial charge in [0.25, 0.3) is 0 Å². The molecule has 2 aromatic rings. The Labute approximate surface area is 152 Å². The Hall–Kier alpha value is -0.873. The molecular formula is C15H24IN5OSi. The van der Waals surface area contributed by atoms with Crippen LogP contribution in [0.25, 0.3) is 11.4 Å². The second-order valence-corrected chi connectivity index (χ2v) is 13.1. The van der Waals surface area contributed by atoms with Crippen molar-refractivity contribution in [2.45, 2.75) is 51.9 Å². The normalized spacial score (nSPS) is 12.6. The van der Waals surface area contributed by atoms with Gasteiger partial charge < -0.3 is 4.43 Å². The highest BCUT2D eigenvalue weighted by Crippen LogP contribution is 2.36. The fourth-order valence-electron chi connectivity index (χ4n) is 1.74. The number of aryl methyl sites for hydroxylation is 1. The van der Waals surface area contributed by atoms with Crippen molar-refractivity contribution in [2.24, 2.45) is 0 Å². The second kappa shape index (κ2) is 7.35. The molecule has 2 aromatic heterocycles. The first kappa shape index (κ1) is 18.5. The van der Waals surface area contributed by atoms with Crippen molar-refractivity contribution in [3.8, 4) is 11.4 Å². The minimum absolute atomic E-state index is 0.239. The smallest absolute Gasteiger partial charge is 0.206 e. The summed E-state index contributed by atoms with van der Waals surface area (Å²) in [6.45, 7) is 12.7. The van der Waals surface area contributed by atoms with Gasteiger partial charge >= 0.3 is 0 Å². The van der Waals surface area contributed by atoms with E-state index in [-0.39, 0.29) is 5.04 Å². The van der Waals surface area contributed by atoms with Crippen LogP contribution in [0.2, 0.25) is 18.1 Å². The lowest BCUT2D eigenvalue weighted by Gasteiger charge is -2.36. The Bertz CT molecular complexity index is 653. The summed E-state index contributed by atoms with van der Waals surface area (Å²) in [5, 5.41) is 12.9. The van der Waals surface area contributed by atoms with E-state index in [0.717, 1.165) is 22.2 Å². The molecular weight excluding hydrogens is 421 g/mol. The van der Waals surface area contributed by atoms with Gasteiger partial charge in [-0.3, -0.25) is 4.98 Å². The number of tetrazole rings is 1. The fourth-order valence-corrected chi connectivity index (χ4v) is 3.32. The van der Waals surface area contributed by atoms with Crippen LogP contribution in [-0.4, -0.2) is 40.1 Å². The van der Waals surface area contributed by atoms with Gasteiger partial charge in [-0.1, -0.05) is 20.8 Å². The molecule has 0 aliphatic carbocycles. The van der Waals surface area contributed by atoms with Crippen molar-refractivity contribution >= 4 is 30.9 Å². The highest BCUT2D eigenvalue weighted by Gasteiger charge is 2.36. The van der Waals surface area contributed by atoms with E-state index in [1.54, 1.807) is 17.2 Å². The summed E-state index contributed by atoms with van der Waals surface area (Å²) < 4.78 is 7.22. The molecule has 0 fully saturated rings. The molecule has 8 heteroatoms. The van der Waals surface area contributed by atoms with Gasteiger partial charge in [0, 0.05) is 28.1 Å².